The van der Waals surface area contributed by atoms with Crippen LogP contribution in [0.25, 0.3) is 0 Å². The van der Waals surface area contributed by atoms with Gasteiger partial charge in [-0.05, 0) is 0 Å². The second kappa shape index (κ2) is 3.63. The molecule has 1 rings (SSSR count). The minimum atomic E-state index is -4.94. The Bertz CT molecular complexity index is 324. The highest BCUT2D eigenvalue weighted by Gasteiger charge is 2.44. The highest BCUT2D eigenvalue weighted by atomic mass is 19.4. The van der Waals surface area contributed by atoms with Crippen molar-refractivity contribution >= 4 is 17.6 Å². The van der Waals surface area contributed by atoms with E-state index in [1.807, 2.05) is 0 Å². The number of hydrogen-bond donors (Lipinski definition) is 0. The molecular weight excluding hydrogens is 215 g/mol. The van der Waals surface area contributed by atoms with Crippen LogP contribution in [0.5, 0.6) is 0 Å². The predicted octanol–water partition coefficient (Wildman–Crippen LogP) is 0.513. The van der Waals surface area contributed by atoms with E-state index in [0.717, 1.165) is 4.90 Å². The fourth-order valence-corrected chi connectivity index (χ4v) is 1.33. The van der Waals surface area contributed by atoms with Gasteiger partial charge < -0.3 is 0 Å². The number of carbonyl (C=O) groups excluding carboxylic acids is 3. The van der Waals surface area contributed by atoms with Gasteiger partial charge in [0.15, 0.2) is 0 Å². The van der Waals surface area contributed by atoms with Crippen molar-refractivity contribution in [3.8, 4) is 0 Å². The van der Waals surface area contributed by atoms with Crippen LogP contribution in [0.4, 0.5) is 13.2 Å². The van der Waals surface area contributed by atoms with Crippen LogP contribution in [0, 0.1) is 5.92 Å². The Kier molecular flexibility index (Phi) is 2.83. The van der Waals surface area contributed by atoms with E-state index >= 15 is 0 Å². The van der Waals surface area contributed by atoms with Crippen LogP contribution in [0.15, 0.2) is 0 Å². The molecule has 1 aliphatic heterocycles. The highest BCUT2D eigenvalue weighted by molar-refractivity contribution is 6.05. The molecule has 0 aromatic rings. The molecule has 0 saturated carbocycles. The Morgan fingerprint density at radius 2 is 2.00 bits per heavy atom. The summed E-state index contributed by atoms with van der Waals surface area (Å²) in [6.07, 6.45) is -6.21. The van der Waals surface area contributed by atoms with E-state index in [9.17, 15) is 27.6 Å². The molecule has 0 aromatic carbocycles. The molecule has 0 unspecified atom stereocenters. The summed E-state index contributed by atoms with van der Waals surface area (Å²) in [5, 5.41) is 0. The number of nitrogens with zero attached hydrogens (tertiary/aromatic N) is 1. The third-order valence-corrected chi connectivity index (χ3v) is 2.22. The number of carbonyl (C=O) groups is 3. The molecule has 1 heterocycles. The lowest BCUT2D eigenvalue weighted by molar-refractivity contribution is -0.172. The number of Topliss-reactive ketones (excluding diaryl/α,β-unsaturated/α-hetero) is 1. The molecule has 0 N–H and O–H groups in total. The van der Waals surface area contributed by atoms with Gasteiger partial charge in [0.05, 0.1) is 5.92 Å². The van der Waals surface area contributed by atoms with Crippen LogP contribution < -0.4 is 0 Å². The molecule has 1 saturated heterocycles. The van der Waals surface area contributed by atoms with Crippen LogP contribution >= 0.6 is 0 Å². The van der Waals surface area contributed by atoms with Crippen LogP contribution in [-0.4, -0.2) is 35.7 Å². The lowest BCUT2D eigenvalue weighted by Crippen LogP contribution is -2.29. The van der Waals surface area contributed by atoms with E-state index in [1.165, 1.54) is 7.05 Å². The molecule has 0 spiro atoms. The lowest BCUT2D eigenvalue weighted by Gasteiger charge is -2.09. The van der Waals surface area contributed by atoms with Crippen LogP contribution in [0.3, 0.4) is 0 Å². The van der Waals surface area contributed by atoms with Crippen molar-refractivity contribution in [1.82, 2.24) is 4.90 Å². The predicted molar refractivity (Wildman–Crippen MR) is 41.6 cm³/mol. The third kappa shape index (κ3) is 2.34. The summed E-state index contributed by atoms with van der Waals surface area (Å²) in [6, 6.07) is 0. The average Bonchev–Trinajstić information content (AvgIpc) is 2.32. The second-order valence-electron chi connectivity index (χ2n) is 3.32. The minimum absolute atomic E-state index is 0.322. The van der Waals surface area contributed by atoms with Gasteiger partial charge in [-0.3, -0.25) is 19.3 Å². The van der Waals surface area contributed by atoms with Gasteiger partial charge in [0.1, 0.15) is 0 Å². The molecule has 1 fully saturated rings. The SMILES string of the molecule is CN1C(=O)C[C@H](CC(=O)C(F)(F)F)C1=O. The van der Waals surface area contributed by atoms with Gasteiger partial charge in [-0.25, -0.2) is 0 Å². The highest BCUT2D eigenvalue weighted by Crippen LogP contribution is 2.26. The number of halogens is 3. The Morgan fingerprint density at radius 1 is 1.47 bits per heavy atom. The lowest BCUT2D eigenvalue weighted by atomic mass is 10.0. The number of hydrogen-bond acceptors (Lipinski definition) is 3. The zero-order valence-corrected chi connectivity index (χ0v) is 7.80. The Morgan fingerprint density at radius 3 is 2.33 bits per heavy atom. The average molecular weight is 223 g/mol. The first-order chi connectivity index (χ1) is 6.73. The number of alkyl halides is 3. The molecule has 0 aliphatic carbocycles. The molecule has 7 heteroatoms. The van der Waals surface area contributed by atoms with Gasteiger partial charge in [-0.1, -0.05) is 0 Å². The zero-order chi connectivity index (χ0) is 11.8. The number of rotatable bonds is 2. The molecule has 1 aliphatic rings. The first-order valence-corrected chi connectivity index (χ1v) is 4.14. The minimum Gasteiger partial charge on any atom is -0.290 e. The maximum absolute atomic E-state index is 11.9. The smallest absolute Gasteiger partial charge is 0.290 e. The van der Waals surface area contributed by atoms with E-state index in [-0.39, 0.29) is 6.42 Å². The van der Waals surface area contributed by atoms with Crippen molar-refractivity contribution in [3.05, 3.63) is 0 Å². The molecule has 0 bridgehead atoms. The first kappa shape index (κ1) is 11.7. The molecular formula is C8H8F3NO3. The van der Waals surface area contributed by atoms with Gasteiger partial charge in [-0.2, -0.15) is 13.2 Å². The van der Waals surface area contributed by atoms with Crippen molar-refractivity contribution < 1.29 is 27.6 Å². The third-order valence-electron chi connectivity index (χ3n) is 2.22. The second-order valence-corrected chi connectivity index (χ2v) is 3.32. The van der Waals surface area contributed by atoms with Gasteiger partial charge in [0, 0.05) is 19.9 Å². The Hall–Kier alpha value is -1.40. The van der Waals surface area contributed by atoms with Crippen molar-refractivity contribution in [2.45, 2.75) is 19.0 Å². The van der Waals surface area contributed by atoms with Crippen molar-refractivity contribution in [3.63, 3.8) is 0 Å². The normalized spacial score (nSPS) is 22.4. The Labute approximate surface area is 83.0 Å². The molecule has 4 nitrogen and oxygen atoms in total. The van der Waals surface area contributed by atoms with Crippen LogP contribution in [0.1, 0.15) is 12.8 Å². The monoisotopic (exact) mass is 223 g/mol. The summed E-state index contributed by atoms with van der Waals surface area (Å²) in [6.45, 7) is 0. The molecule has 0 aromatic heterocycles. The Balaban J connectivity index is 2.66. The van der Waals surface area contributed by atoms with E-state index in [1.54, 1.807) is 0 Å². The number of ketones is 1. The van der Waals surface area contributed by atoms with Gasteiger partial charge in [0.25, 0.3) is 0 Å². The quantitative estimate of drug-likeness (QED) is 0.641. The molecule has 15 heavy (non-hydrogen) atoms. The number of amides is 2. The van der Waals surface area contributed by atoms with E-state index in [4.69, 9.17) is 0 Å². The number of imide groups is 1. The van der Waals surface area contributed by atoms with Crippen molar-refractivity contribution in [2.24, 2.45) is 5.92 Å². The van der Waals surface area contributed by atoms with Crippen molar-refractivity contribution in [1.29, 1.82) is 0 Å². The molecule has 2 amide bonds. The topological polar surface area (TPSA) is 54.5 Å². The van der Waals surface area contributed by atoms with E-state index < -0.39 is 36.1 Å². The summed E-state index contributed by atoms with van der Waals surface area (Å²) in [5.41, 5.74) is 0. The van der Waals surface area contributed by atoms with Crippen LogP contribution in [-0.2, 0) is 14.4 Å². The van der Waals surface area contributed by atoms with E-state index in [2.05, 4.69) is 0 Å². The first-order valence-electron chi connectivity index (χ1n) is 4.14. The maximum Gasteiger partial charge on any atom is 0.449 e. The summed E-state index contributed by atoms with van der Waals surface area (Å²) < 4.78 is 35.6. The van der Waals surface area contributed by atoms with Crippen LogP contribution in [0.2, 0.25) is 0 Å². The van der Waals surface area contributed by atoms with Gasteiger partial charge >= 0.3 is 6.18 Å². The fourth-order valence-electron chi connectivity index (χ4n) is 1.33. The fraction of sp³-hybridized carbons (Fsp3) is 0.625. The summed E-state index contributed by atoms with van der Waals surface area (Å²) in [4.78, 5) is 33.4. The molecule has 0 radical (unpaired) electrons. The maximum atomic E-state index is 11.9. The van der Waals surface area contributed by atoms with E-state index in [0.29, 0.717) is 0 Å². The standard InChI is InChI=1S/C8H8F3NO3/c1-12-6(14)3-4(7(12)15)2-5(13)8(9,10)11/h4H,2-3H2,1H3/t4-/m0/s1. The zero-order valence-electron chi connectivity index (χ0n) is 7.80. The summed E-state index contributed by atoms with van der Waals surface area (Å²) in [5.74, 6) is -4.40. The van der Waals surface area contributed by atoms with Gasteiger partial charge in [-0.15, -0.1) is 0 Å². The van der Waals surface area contributed by atoms with Crippen molar-refractivity contribution in [2.75, 3.05) is 7.05 Å². The molecule has 84 valence electrons. The largest absolute Gasteiger partial charge is 0.449 e. The van der Waals surface area contributed by atoms with Gasteiger partial charge in [0.2, 0.25) is 17.6 Å². The summed E-state index contributed by atoms with van der Waals surface area (Å²) >= 11 is 0. The number of likely N-dealkylation sites (tertiary alicyclic amines) is 1. The summed E-state index contributed by atoms with van der Waals surface area (Å²) in [7, 11) is 1.18. The molecule has 1 atom stereocenters.